The first-order valence-corrected chi connectivity index (χ1v) is 8.14. The molecule has 0 heterocycles. The smallest absolute Gasteiger partial charge is 0.338 e. The Morgan fingerprint density at radius 2 is 1.77 bits per heavy atom. The summed E-state index contributed by atoms with van der Waals surface area (Å²) in [6.07, 6.45) is 0. The van der Waals surface area contributed by atoms with Gasteiger partial charge in [0.05, 0.1) is 17.9 Å². The topological polar surface area (TPSA) is 87.7 Å². The normalized spacial score (nSPS) is 10.3. The van der Waals surface area contributed by atoms with Crippen molar-refractivity contribution in [1.82, 2.24) is 0 Å². The van der Waals surface area contributed by atoms with E-state index in [0.29, 0.717) is 23.5 Å². The zero-order chi connectivity index (χ0) is 18.5. The number of aromatic hydroxyl groups is 1. The summed E-state index contributed by atoms with van der Waals surface area (Å²) in [5, 5.41) is 16.7. The number of phenols is 1. The fourth-order valence-corrected chi connectivity index (χ4v) is 2.57. The van der Waals surface area contributed by atoms with Gasteiger partial charge in [-0.3, -0.25) is 0 Å². The van der Waals surface area contributed by atoms with Crippen LogP contribution in [-0.4, -0.2) is 23.7 Å². The molecule has 6 nitrogen and oxygen atoms in total. The summed E-state index contributed by atoms with van der Waals surface area (Å²) in [7, 11) is 0. The van der Waals surface area contributed by atoms with E-state index < -0.39 is 12.0 Å². The minimum atomic E-state index is -0.408. The summed E-state index contributed by atoms with van der Waals surface area (Å²) >= 11 is 0. The number of anilines is 2. The second kappa shape index (κ2) is 7.57. The van der Waals surface area contributed by atoms with Crippen molar-refractivity contribution in [3.8, 4) is 5.75 Å². The minimum Gasteiger partial charge on any atom is -0.508 e. The van der Waals surface area contributed by atoms with E-state index in [4.69, 9.17) is 4.74 Å². The molecule has 3 aromatic rings. The first kappa shape index (κ1) is 17.3. The predicted octanol–water partition coefficient (Wildman–Crippen LogP) is 4.37. The van der Waals surface area contributed by atoms with Gasteiger partial charge in [-0.15, -0.1) is 0 Å². The second-order valence-corrected chi connectivity index (χ2v) is 5.59. The lowest BCUT2D eigenvalue weighted by Crippen LogP contribution is -2.19. The van der Waals surface area contributed by atoms with Gasteiger partial charge in [-0.25, -0.2) is 9.59 Å². The van der Waals surface area contributed by atoms with Gasteiger partial charge in [0.25, 0.3) is 0 Å². The van der Waals surface area contributed by atoms with E-state index in [1.807, 2.05) is 6.07 Å². The molecule has 0 spiro atoms. The number of amides is 2. The minimum absolute atomic E-state index is 0.167. The van der Waals surface area contributed by atoms with Gasteiger partial charge in [0.15, 0.2) is 0 Å². The third-order valence-electron chi connectivity index (χ3n) is 3.77. The first-order valence-electron chi connectivity index (χ1n) is 8.14. The maximum atomic E-state index is 12.3. The molecule has 132 valence electrons. The quantitative estimate of drug-likeness (QED) is 0.610. The molecule has 0 saturated heterocycles. The Morgan fingerprint density at radius 3 is 2.50 bits per heavy atom. The summed E-state index contributed by atoms with van der Waals surface area (Å²) in [5.41, 5.74) is 1.60. The Hall–Kier alpha value is -3.54. The maximum absolute atomic E-state index is 12.3. The van der Waals surface area contributed by atoms with E-state index in [1.54, 1.807) is 61.5 Å². The number of urea groups is 1. The lowest BCUT2D eigenvalue weighted by atomic mass is 10.1. The fourth-order valence-electron chi connectivity index (χ4n) is 2.57. The van der Waals surface area contributed by atoms with E-state index in [0.717, 1.165) is 10.8 Å². The van der Waals surface area contributed by atoms with Crippen LogP contribution in [0.2, 0.25) is 0 Å². The summed E-state index contributed by atoms with van der Waals surface area (Å²) in [6.45, 7) is 2.05. The van der Waals surface area contributed by atoms with Crippen LogP contribution >= 0.6 is 0 Å². The molecular formula is C20H18N2O4. The maximum Gasteiger partial charge on any atom is 0.338 e. The van der Waals surface area contributed by atoms with Crippen molar-refractivity contribution in [2.75, 3.05) is 17.2 Å². The summed E-state index contributed by atoms with van der Waals surface area (Å²) in [4.78, 5) is 23.9. The Morgan fingerprint density at radius 1 is 1.00 bits per heavy atom. The lowest BCUT2D eigenvalue weighted by Gasteiger charge is -2.11. The van der Waals surface area contributed by atoms with Crippen molar-refractivity contribution < 1.29 is 19.4 Å². The van der Waals surface area contributed by atoms with E-state index in [2.05, 4.69) is 10.6 Å². The standard InChI is InChI=1S/C20H18N2O4/c1-2-26-19(24)13-6-8-15(9-7-13)21-20(25)22-18-5-3-4-14-12-16(23)10-11-17(14)18/h3-12,23H,2H2,1H3,(H2,21,22,25). The molecule has 3 rings (SSSR count). The molecule has 26 heavy (non-hydrogen) atoms. The van der Waals surface area contributed by atoms with Crippen LogP contribution < -0.4 is 10.6 Å². The Kier molecular flexibility index (Phi) is 5.03. The van der Waals surface area contributed by atoms with Crippen molar-refractivity contribution in [2.24, 2.45) is 0 Å². The van der Waals surface area contributed by atoms with Gasteiger partial charge in [-0.05, 0) is 60.8 Å². The van der Waals surface area contributed by atoms with Crippen LogP contribution in [0.3, 0.4) is 0 Å². The highest BCUT2D eigenvalue weighted by molar-refractivity contribution is 6.06. The Balaban J connectivity index is 1.70. The number of ether oxygens (including phenoxy) is 1. The zero-order valence-electron chi connectivity index (χ0n) is 14.2. The number of esters is 1. The number of benzene rings is 3. The fraction of sp³-hybridized carbons (Fsp3) is 0.100. The molecule has 0 unspecified atom stereocenters. The number of phenolic OH excluding ortho intramolecular Hbond substituents is 1. The molecule has 6 heteroatoms. The van der Waals surface area contributed by atoms with E-state index in [-0.39, 0.29) is 5.75 Å². The average Bonchev–Trinajstić information content (AvgIpc) is 2.62. The highest BCUT2D eigenvalue weighted by atomic mass is 16.5. The molecule has 3 N–H and O–H groups in total. The number of hydrogen-bond acceptors (Lipinski definition) is 4. The number of fused-ring (bicyclic) bond motifs is 1. The van der Waals surface area contributed by atoms with Crippen LogP contribution in [0.15, 0.2) is 60.7 Å². The lowest BCUT2D eigenvalue weighted by molar-refractivity contribution is 0.0526. The number of hydrogen-bond donors (Lipinski definition) is 3. The third kappa shape index (κ3) is 3.92. The molecule has 0 atom stereocenters. The van der Waals surface area contributed by atoms with Gasteiger partial charge in [0.2, 0.25) is 0 Å². The highest BCUT2D eigenvalue weighted by Crippen LogP contribution is 2.26. The average molecular weight is 350 g/mol. The van der Waals surface area contributed by atoms with Gasteiger partial charge in [-0.2, -0.15) is 0 Å². The van der Waals surface area contributed by atoms with Crippen LogP contribution in [0.4, 0.5) is 16.2 Å². The number of carbonyl (C=O) groups is 2. The van der Waals surface area contributed by atoms with Crippen molar-refractivity contribution in [3.63, 3.8) is 0 Å². The predicted molar refractivity (Wildman–Crippen MR) is 101 cm³/mol. The van der Waals surface area contributed by atoms with Crippen LogP contribution in [-0.2, 0) is 4.74 Å². The molecule has 0 radical (unpaired) electrons. The van der Waals surface area contributed by atoms with Gasteiger partial charge >= 0.3 is 12.0 Å². The van der Waals surface area contributed by atoms with E-state index >= 15 is 0 Å². The van der Waals surface area contributed by atoms with Crippen molar-refractivity contribution in [3.05, 3.63) is 66.2 Å². The van der Waals surface area contributed by atoms with Crippen molar-refractivity contribution >= 4 is 34.1 Å². The first-order chi connectivity index (χ1) is 12.6. The molecule has 0 aliphatic rings. The number of carbonyl (C=O) groups excluding carboxylic acids is 2. The van der Waals surface area contributed by atoms with E-state index in [1.165, 1.54) is 0 Å². The van der Waals surface area contributed by atoms with E-state index in [9.17, 15) is 14.7 Å². The molecular weight excluding hydrogens is 332 g/mol. The largest absolute Gasteiger partial charge is 0.508 e. The SMILES string of the molecule is CCOC(=O)c1ccc(NC(=O)Nc2cccc3cc(O)ccc23)cc1. The molecule has 2 amide bonds. The van der Waals surface area contributed by atoms with Crippen molar-refractivity contribution in [2.45, 2.75) is 6.92 Å². The van der Waals surface area contributed by atoms with Crippen LogP contribution in [0.5, 0.6) is 5.75 Å². The summed E-state index contributed by atoms with van der Waals surface area (Å²) in [6, 6.07) is 16.4. The molecule has 0 fully saturated rings. The van der Waals surface area contributed by atoms with Crippen molar-refractivity contribution in [1.29, 1.82) is 0 Å². The van der Waals surface area contributed by atoms with Gasteiger partial charge in [0.1, 0.15) is 5.75 Å². The zero-order valence-corrected chi connectivity index (χ0v) is 14.2. The Labute approximate surface area is 150 Å². The molecule has 0 aromatic heterocycles. The van der Waals surface area contributed by atoms with Crippen LogP contribution in [0.25, 0.3) is 10.8 Å². The number of rotatable bonds is 4. The summed E-state index contributed by atoms with van der Waals surface area (Å²) in [5.74, 6) is -0.233. The molecule has 0 aliphatic carbocycles. The number of nitrogens with one attached hydrogen (secondary N) is 2. The monoisotopic (exact) mass is 350 g/mol. The van der Waals surface area contributed by atoms with Crippen LogP contribution in [0, 0.1) is 0 Å². The molecule has 3 aromatic carbocycles. The molecule has 0 saturated carbocycles. The second-order valence-electron chi connectivity index (χ2n) is 5.59. The molecule has 0 aliphatic heterocycles. The summed E-state index contributed by atoms with van der Waals surface area (Å²) < 4.78 is 4.92. The Bertz CT molecular complexity index is 952. The van der Waals surface area contributed by atoms with Crippen LogP contribution in [0.1, 0.15) is 17.3 Å². The third-order valence-corrected chi connectivity index (χ3v) is 3.77. The van der Waals surface area contributed by atoms with Gasteiger partial charge < -0.3 is 20.5 Å². The van der Waals surface area contributed by atoms with Gasteiger partial charge in [-0.1, -0.05) is 12.1 Å². The highest BCUT2D eigenvalue weighted by Gasteiger charge is 2.09. The molecule has 0 bridgehead atoms. The van der Waals surface area contributed by atoms with Gasteiger partial charge in [0, 0.05) is 11.1 Å².